The van der Waals surface area contributed by atoms with E-state index < -0.39 is 97.5 Å². The van der Waals surface area contributed by atoms with Crippen molar-refractivity contribution in [1.29, 1.82) is 0 Å². The predicted molar refractivity (Wildman–Crippen MR) is 395 cm³/mol. The molecule has 3 N–H and O–H groups in total. The molecule has 0 rings (SSSR count). The number of carbonyl (C=O) groups is 4. The van der Waals surface area contributed by atoms with Gasteiger partial charge in [-0.15, -0.1) is 0 Å². The van der Waals surface area contributed by atoms with Gasteiger partial charge in [0.1, 0.15) is 19.3 Å². The molecule has 0 bridgehead atoms. The van der Waals surface area contributed by atoms with Gasteiger partial charge in [-0.3, -0.25) is 37.3 Å². The van der Waals surface area contributed by atoms with Crippen LogP contribution < -0.4 is 0 Å². The van der Waals surface area contributed by atoms with Gasteiger partial charge in [0.05, 0.1) is 26.4 Å². The number of hydrogen-bond donors (Lipinski definition) is 3. The number of rotatable bonds is 76. The molecule has 2 unspecified atom stereocenters. The zero-order valence-corrected chi connectivity index (χ0v) is 65.3. The second-order valence-electron chi connectivity index (χ2n) is 29.5. The predicted octanol–water partition coefficient (Wildman–Crippen LogP) is 23.0. The highest BCUT2D eigenvalue weighted by Crippen LogP contribution is 2.45. The van der Waals surface area contributed by atoms with E-state index in [1.165, 1.54) is 212 Å². The number of esters is 4. The lowest BCUT2D eigenvalue weighted by Gasteiger charge is -2.21. The molecule has 0 aliphatic rings. The van der Waals surface area contributed by atoms with Crippen molar-refractivity contribution in [3.05, 3.63) is 0 Å². The van der Waals surface area contributed by atoms with E-state index in [1.807, 2.05) is 0 Å². The largest absolute Gasteiger partial charge is 0.472 e. The van der Waals surface area contributed by atoms with Crippen molar-refractivity contribution in [2.24, 2.45) is 17.8 Å². The summed E-state index contributed by atoms with van der Waals surface area (Å²) in [5.74, 6) is 0.197. The maximum Gasteiger partial charge on any atom is 0.472 e. The fraction of sp³-hybridized carbons (Fsp3) is 0.949. The van der Waals surface area contributed by atoms with Crippen LogP contribution in [0.2, 0.25) is 0 Å². The summed E-state index contributed by atoms with van der Waals surface area (Å²) in [5, 5.41) is 10.6. The first-order chi connectivity index (χ1) is 46.7. The molecule has 0 heterocycles. The molecule has 0 radical (unpaired) electrons. The Morgan fingerprint density at radius 1 is 0.278 bits per heavy atom. The first kappa shape index (κ1) is 95.1. The van der Waals surface area contributed by atoms with Gasteiger partial charge >= 0.3 is 39.5 Å². The summed E-state index contributed by atoms with van der Waals surface area (Å²) in [6.45, 7) is 11.9. The highest BCUT2D eigenvalue weighted by atomic mass is 31.2. The van der Waals surface area contributed by atoms with E-state index >= 15 is 0 Å². The van der Waals surface area contributed by atoms with E-state index in [9.17, 15) is 43.2 Å². The molecule has 0 aliphatic heterocycles. The highest BCUT2D eigenvalue weighted by Gasteiger charge is 2.30. The minimum absolute atomic E-state index is 0.107. The molecule has 17 nitrogen and oxygen atoms in total. The fourth-order valence-corrected chi connectivity index (χ4v) is 13.5. The Labute approximate surface area is 594 Å². The molecule has 0 aromatic rings. The normalized spacial score (nSPS) is 14.0. The molecule has 576 valence electrons. The molecule has 0 saturated heterocycles. The number of carbonyl (C=O) groups excluding carboxylic acids is 4. The van der Waals surface area contributed by atoms with Gasteiger partial charge in [-0.05, 0) is 43.4 Å². The van der Waals surface area contributed by atoms with Crippen LogP contribution in [0, 0.1) is 17.8 Å². The van der Waals surface area contributed by atoms with Crippen LogP contribution in [0.25, 0.3) is 0 Å². The average Bonchev–Trinajstić information content (AvgIpc) is 1.09. The van der Waals surface area contributed by atoms with Crippen molar-refractivity contribution in [3.63, 3.8) is 0 Å². The Morgan fingerprint density at radius 2 is 0.474 bits per heavy atom. The van der Waals surface area contributed by atoms with Gasteiger partial charge in [0.25, 0.3) is 0 Å². The Kier molecular flexibility index (Phi) is 67.1. The molecule has 0 amide bonds. The summed E-state index contributed by atoms with van der Waals surface area (Å²) in [4.78, 5) is 72.9. The van der Waals surface area contributed by atoms with E-state index in [1.54, 1.807) is 0 Å². The standard InChI is InChI=1S/C78H152O17P2/c1-8-9-10-11-12-13-14-18-26-31-40-47-54-61-77(82)95-74(66-89-76(81)60-53-46-39-34-33-37-44-51-58-71(6)7)68-93-97(86,87)91-64-72(79)63-90-96(84,85)92-67-73(65-88-75(80)59-52-45-38-30-25-22-21-24-29-36-43-50-57-70(4)5)94-78(83)62-55-48-41-32-27-20-17-15-16-19-23-28-35-42-49-56-69(2)3/h69-74,79H,8-68H2,1-7H3,(H,84,85)(H,86,87)/t72-,73-,74-/m1/s1. The van der Waals surface area contributed by atoms with E-state index in [0.29, 0.717) is 25.7 Å². The van der Waals surface area contributed by atoms with Crippen LogP contribution in [0.4, 0.5) is 0 Å². The molecule has 97 heavy (non-hydrogen) atoms. The maximum atomic E-state index is 13.1. The minimum atomic E-state index is -4.96. The van der Waals surface area contributed by atoms with Crippen molar-refractivity contribution in [3.8, 4) is 0 Å². The van der Waals surface area contributed by atoms with Gasteiger partial charge in [-0.25, -0.2) is 9.13 Å². The first-order valence-electron chi connectivity index (χ1n) is 40.3. The molecule has 0 fully saturated rings. The number of ether oxygens (including phenoxy) is 4. The molecule has 0 aliphatic carbocycles. The molecule has 0 saturated carbocycles. The third-order valence-corrected chi connectivity index (χ3v) is 20.0. The average molecular weight is 1420 g/mol. The zero-order chi connectivity index (χ0) is 71.6. The Balaban J connectivity index is 5.25. The number of phosphoric acid groups is 2. The second-order valence-corrected chi connectivity index (χ2v) is 32.4. The van der Waals surface area contributed by atoms with Crippen LogP contribution in [0.3, 0.4) is 0 Å². The molecular weight excluding hydrogens is 1270 g/mol. The molecule has 0 spiro atoms. The van der Waals surface area contributed by atoms with E-state index in [2.05, 4.69) is 48.5 Å². The van der Waals surface area contributed by atoms with Crippen LogP contribution in [0.5, 0.6) is 0 Å². The topological polar surface area (TPSA) is 237 Å². The zero-order valence-electron chi connectivity index (χ0n) is 63.5. The lowest BCUT2D eigenvalue weighted by atomic mass is 10.0. The van der Waals surface area contributed by atoms with Crippen molar-refractivity contribution in [1.82, 2.24) is 0 Å². The summed E-state index contributed by atoms with van der Waals surface area (Å²) in [7, 11) is -9.92. The quantitative estimate of drug-likeness (QED) is 0.0222. The van der Waals surface area contributed by atoms with E-state index in [-0.39, 0.29) is 25.7 Å². The highest BCUT2D eigenvalue weighted by molar-refractivity contribution is 7.47. The Bertz CT molecular complexity index is 1890. The van der Waals surface area contributed by atoms with Gasteiger partial charge < -0.3 is 33.8 Å². The van der Waals surface area contributed by atoms with Crippen molar-refractivity contribution in [2.45, 2.75) is 420 Å². The SMILES string of the molecule is CCCCCCCCCCCCCCCC(=O)O[C@H](COC(=O)CCCCCCCCCCC(C)C)COP(=O)(O)OC[C@H](O)COP(=O)(O)OC[C@@H](COC(=O)CCCCCCCCCCCCCCC(C)C)OC(=O)CCCCCCCCCCCCCCCCCC(C)C. The summed E-state index contributed by atoms with van der Waals surface area (Å²) >= 11 is 0. The fourth-order valence-electron chi connectivity index (χ4n) is 12.0. The number of unbranched alkanes of at least 4 members (excludes halogenated alkanes) is 44. The lowest BCUT2D eigenvalue weighted by Crippen LogP contribution is -2.30. The summed E-state index contributed by atoms with van der Waals surface area (Å²) in [6, 6.07) is 0. The van der Waals surface area contributed by atoms with Crippen LogP contribution in [-0.4, -0.2) is 96.7 Å². The number of hydrogen-bond acceptors (Lipinski definition) is 15. The molecule has 5 atom stereocenters. The second kappa shape index (κ2) is 68.5. The summed E-state index contributed by atoms with van der Waals surface area (Å²) in [6.07, 6.45) is 55.4. The van der Waals surface area contributed by atoms with Gasteiger partial charge in [0.15, 0.2) is 12.2 Å². The van der Waals surface area contributed by atoms with E-state index in [0.717, 1.165) is 108 Å². The van der Waals surface area contributed by atoms with Crippen molar-refractivity contribution >= 4 is 39.5 Å². The number of aliphatic hydroxyl groups is 1. The van der Waals surface area contributed by atoms with Crippen molar-refractivity contribution in [2.75, 3.05) is 39.6 Å². The Hall–Kier alpha value is -1.94. The van der Waals surface area contributed by atoms with Gasteiger partial charge in [0.2, 0.25) is 0 Å². The smallest absolute Gasteiger partial charge is 0.462 e. The van der Waals surface area contributed by atoms with Crippen LogP contribution in [-0.2, 0) is 65.4 Å². The number of aliphatic hydroxyl groups excluding tert-OH is 1. The lowest BCUT2D eigenvalue weighted by molar-refractivity contribution is -0.161. The third-order valence-electron chi connectivity index (χ3n) is 18.1. The van der Waals surface area contributed by atoms with Gasteiger partial charge in [-0.2, -0.15) is 0 Å². The summed E-state index contributed by atoms with van der Waals surface area (Å²) < 4.78 is 68.6. The van der Waals surface area contributed by atoms with Gasteiger partial charge in [-0.1, -0.05) is 350 Å². The van der Waals surface area contributed by atoms with Crippen LogP contribution in [0.15, 0.2) is 0 Å². The Morgan fingerprint density at radius 3 is 0.701 bits per heavy atom. The number of phosphoric ester groups is 2. The van der Waals surface area contributed by atoms with Crippen LogP contribution in [0.1, 0.15) is 402 Å². The monoisotopic (exact) mass is 1420 g/mol. The molecular formula is C78H152O17P2. The molecule has 19 heteroatoms. The summed E-state index contributed by atoms with van der Waals surface area (Å²) in [5.41, 5.74) is 0. The molecule has 0 aromatic carbocycles. The van der Waals surface area contributed by atoms with Crippen molar-refractivity contribution < 1.29 is 80.2 Å². The first-order valence-corrected chi connectivity index (χ1v) is 43.3. The maximum absolute atomic E-state index is 13.1. The van der Waals surface area contributed by atoms with Crippen LogP contribution >= 0.6 is 15.6 Å². The molecule has 0 aromatic heterocycles. The van der Waals surface area contributed by atoms with Gasteiger partial charge in [0, 0.05) is 25.7 Å². The minimum Gasteiger partial charge on any atom is -0.462 e. The van der Waals surface area contributed by atoms with E-state index in [4.69, 9.17) is 37.0 Å². The third kappa shape index (κ3) is 72.2.